The Kier molecular flexibility index (Phi) is 7.92. The molecule has 1 aliphatic heterocycles. The van der Waals surface area contributed by atoms with Crippen molar-refractivity contribution in [3.63, 3.8) is 0 Å². The summed E-state index contributed by atoms with van der Waals surface area (Å²) in [6, 6.07) is 18.6. The molecule has 7 nitrogen and oxygen atoms in total. The Labute approximate surface area is 204 Å². The van der Waals surface area contributed by atoms with Gasteiger partial charge in [0.25, 0.3) is 5.91 Å². The van der Waals surface area contributed by atoms with Crippen molar-refractivity contribution in [2.75, 3.05) is 37.6 Å². The van der Waals surface area contributed by atoms with Crippen LogP contribution in [-0.2, 0) is 11.2 Å². The van der Waals surface area contributed by atoms with Crippen LogP contribution in [0.5, 0.6) is 0 Å². The number of nitrogens with zero attached hydrogens (tertiary/aromatic N) is 3. The number of amides is 2. The monoisotopic (exact) mass is 477 g/mol. The molecule has 34 heavy (non-hydrogen) atoms. The highest BCUT2D eigenvalue weighted by Crippen LogP contribution is 2.28. The number of thiazole rings is 1. The van der Waals surface area contributed by atoms with E-state index >= 15 is 0 Å². The normalized spacial score (nSPS) is 14.1. The van der Waals surface area contributed by atoms with Gasteiger partial charge in [-0.2, -0.15) is 0 Å². The number of piperazine rings is 1. The molecule has 1 fully saturated rings. The topological polar surface area (TPSA) is 77.6 Å². The van der Waals surface area contributed by atoms with E-state index in [4.69, 9.17) is 0 Å². The molecule has 2 aromatic carbocycles. The van der Waals surface area contributed by atoms with Gasteiger partial charge in [-0.3, -0.25) is 25.3 Å². The number of anilines is 1. The van der Waals surface area contributed by atoms with Crippen LogP contribution in [0.25, 0.3) is 10.6 Å². The fourth-order valence-electron chi connectivity index (χ4n) is 3.99. The number of para-hydroxylation sites is 1. The van der Waals surface area contributed by atoms with E-state index in [9.17, 15) is 9.59 Å². The minimum absolute atomic E-state index is 0.198. The van der Waals surface area contributed by atoms with E-state index in [0.717, 1.165) is 43.2 Å². The molecule has 0 aliphatic carbocycles. The molecule has 4 rings (SSSR count). The first-order chi connectivity index (χ1) is 16.5. The molecule has 1 aromatic heterocycles. The third kappa shape index (κ3) is 6.01. The molecule has 0 bridgehead atoms. The minimum Gasteiger partial charge on any atom is -0.369 e. The minimum atomic E-state index is -0.337. The number of carbonyl (C=O) groups is 2. The van der Waals surface area contributed by atoms with Gasteiger partial charge in [0.2, 0.25) is 5.91 Å². The summed E-state index contributed by atoms with van der Waals surface area (Å²) >= 11 is 1.33. The van der Waals surface area contributed by atoms with Crippen molar-refractivity contribution >= 4 is 28.8 Å². The fraction of sp³-hybridized carbons (Fsp3) is 0.346. The van der Waals surface area contributed by atoms with E-state index in [1.54, 1.807) is 0 Å². The third-order valence-electron chi connectivity index (χ3n) is 6.08. The molecular weight excluding hydrogens is 446 g/mol. The molecule has 0 atom stereocenters. The zero-order chi connectivity index (χ0) is 23.9. The van der Waals surface area contributed by atoms with Crippen LogP contribution in [0.3, 0.4) is 0 Å². The summed E-state index contributed by atoms with van der Waals surface area (Å²) in [6.07, 6.45) is 1.32. The summed E-state index contributed by atoms with van der Waals surface area (Å²) in [5.41, 5.74) is 9.23. The Balaban J connectivity index is 1.21. The molecule has 0 saturated carbocycles. The molecule has 0 unspecified atom stereocenters. The first kappa shape index (κ1) is 23.9. The summed E-state index contributed by atoms with van der Waals surface area (Å²) in [7, 11) is 0. The van der Waals surface area contributed by atoms with Gasteiger partial charge in [0.1, 0.15) is 9.88 Å². The van der Waals surface area contributed by atoms with Crippen molar-refractivity contribution in [1.82, 2.24) is 20.7 Å². The number of carbonyl (C=O) groups excluding carboxylic acids is 2. The van der Waals surface area contributed by atoms with Gasteiger partial charge < -0.3 is 4.90 Å². The number of aromatic nitrogens is 1. The number of hydrazine groups is 1. The molecule has 8 heteroatoms. The van der Waals surface area contributed by atoms with Crippen LogP contribution < -0.4 is 15.8 Å². The first-order valence-corrected chi connectivity index (χ1v) is 12.5. The smallest absolute Gasteiger partial charge is 0.281 e. The predicted octanol–water partition coefficient (Wildman–Crippen LogP) is 3.65. The van der Waals surface area contributed by atoms with Gasteiger partial charge in [-0.05, 0) is 31.0 Å². The zero-order valence-corrected chi connectivity index (χ0v) is 20.5. The summed E-state index contributed by atoms with van der Waals surface area (Å²) < 4.78 is 0. The van der Waals surface area contributed by atoms with Crippen LogP contribution in [0, 0.1) is 6.92 Å². The Morgan fingerprint density at radius 3 is 2.35 bits per heavy atom. The van der Waals surface area contributed by atoms with Crippen LogP contribution >= 0.6 is 11.3 Å². The van der Waals surface area contributed by atoms with Gasteiger partial charge >= 0.3 is 0 Å². The van der Waals surface area contributed by atoms with E-state index in [1.807, 2.05) is 25.1 Å². The maximum atomic E-state index is 12.6. The SMILES string of the molecule is CCc1ccc(-c2nc(C)c(C(=O)NNC(=O)CCN3CCN(c4ccccc4)CC3)s2)cc1. The summed E-state index contributed by atoms with van der Waals surface area (Å²) in [6.45, 7) is 8.31. The fourth-order valence-corrected chi connectivity index (χ4v) is 4.95. The largest absolute Gasteiger partial charge is 0.369 e. The molecule has 0 radical (unpaired) electrons. The van der Waals surface area contributed by atoms with Crippen LogP contribution in [0.1, 0.15) is 34.3 Å². The maximum Gasteiger partial charge on any atom is 0.281 e. The third-order valence-corrected chi connectivity index (χ3v) is 7.28. The van der Waals surface area contributed by atoms with Crippen molar-refractivity contribution in [2.45, 2.75) is 26.7 Å². The molecule has 2 heterocycles. The number of rotatable bonds is 7. The standard InChI is InChI=1S/C26H31N5O2S/c1-3-20-9-11-21(12-10-20)26-27-19(2)24(34-26)25(33)29-28-23(32)13-14-30-15-17-31(18-16-30)22-7-5-4-6-8-22/h4-12H,3,13-18H2,1-2H3,(H,28,32)(H,29,33). The predicted molar refractivity (Wildman–Crippen MR) is 137 cm³/mol. The van der Waals surface area contributed by atoms with Gasteiger partial charge in [-0.1, -0.05) is 49.4 Å². The van der Waals surface area contributed by atoms with Gasteiger partial charge in [0.05, 0.1) is 5.69 Å². The molecule has 2 amide bonds. The second kappa shape index (κ2) is 11.3. The van der Waals surface area contributed by atoms with E-state index in [0.29, 0.717) is 23.5 Å². The summed E-state index contributed by atoms with van der Waals surface area (Å²) in [5, 5.41) is 0.797. The van der Waals surface area contributed by atoms with Gasteiger partial charge in [0.15, 0.2) is 0 Å². The van der Waals surface area contributed by atoms with E-state index < -0.39 is 0 Å². The number of nitrogens with one attached hydrogen (secondary N) is 2. The molecule has 1 aliphatic rings. The van der Waals surface area contributed by atoms with Crippen molar-refractivity contribution in [1.29, 1.82) is 0 Å². The van der Waals surface area contributed by atoms with E-state index in [1.165, 1.54) is 22.6 Å². The lowest BCUT2D eigenvalue weighted by atomic mass is 10.1. The average Bonchev–Trinajstić information content (AvgIpc) is 3.28. The van der Waals surface area contributed by atoms with Gasteiger partial charge in [0, 0.05) is 50.4 Å². The maximum absolute atomic E-state index is 12.6. The Morgan fingerprint density at radius 1 is 0.971 bits per heavy atom. The molecule has 178 valence electrons. The van der Waals surface area contributed by atoms with E-state index in [2.05, 4.69) is 69.0 Å². The number of aryl methyl sites for hydroxylation is 2. The number of hydrogen-bond acceptors (Lipinski definition) is 6. The molecule has 3 aromatic rings. The lowest BCUT2D eigenvalue weighted by Gasteiger charge is -2.36. The van der Waals surface area contributed by atoms with Crippen molar-refractivity contribution in [3.05, 3.63) is 70.7 Å². The van der Waals surface area contributed by atoms with Crippen molar-refractivity contribution < 1.29 is 9.59 Å². The second-order valence-electron chi connectivity index (χ2n) is 8.40. The van der Waals surface area contributed by atoms with Gasteiger partial charge in [-0.25, -0.2) is 4.98 Å². The summed E-state index contributed by atoms with van der Waals surface area (Å²) in [4.78, 5) is 34.6. The van der Waals surface area contributed by atoms with Crippen LogP contribution in [0.4, 0.5) is 5.69 Å². The first-order valence-electron chi connectivity index (χ1n) is 11.7. The number of benzene rings is 2. The van der Waals surface area contributed by atoms with Crippen molar-refractivity contribution in [2.24, 2.45) is 0 Å². The quantitative estimate of drug-likeness (QED) is 0.508. The Bertz CT molecular complexity index is 1110. The lowest BCUT2D eigenvalue weighted by molar-refractivity contribution is -0.122. The Morgan fingerprint density at radius 2 is 1.68 bits per heavy atom. The molecule has 0 spiro atoms. The zero-order valence-electron chi connectivity index (χ0n) is 19.7. The highest BCUT2D eigenvalue weighted by molar-refractivity contribution is 7.17. The van der Waals surface area contributed by atoms with E-state index in [-0.39, 0.29) is 11.8 Å². The van der Waals surface area contributed by atoms with Crippen molar-refractivity contribution in [3.8, 4) is 10.6 Å². The highest BCUT2D eigenvalue weighted by atomic mass is 32.1. The lowest BCUT2D eigenvalue weighted by Crippen LogP contribution is -2.48. The molecular formula is C26H31N5O2S. The van der Waals surface area contributed by atoms with Crippen LogP contribution in [0.2, 0.25) is 0 Å². The van der Waals surface area contributed by atoms with Crippen LogP contribution in [0.15, 0.2) is 54.6 Å². The summed E-state index contributed by atoms with van der Waals surface area (Å²) in [5.74, 6) is -0.535. The van der Waals surface area contributed by atoms with Gasteiger partial charge in [-0.15, -0.1) is 11.3 Å². The Hall–Kier alpha value is -3.23. The molecule has 1 saturated heterocycles. The highest BCUT2D eigenvalue weighted by Gasteiger charge is 2.19. The average molecular weight is 478 g/mol. The molecule has 2 N–H and O–H groups in total. The van der Waals surface area contributed by atoms with Crippen LogP contribution in [-0.4, -0.2) is 54.4 Å². The second-order valence-corrected chi connectivity index (χ2v) is 9.40. The number of hydrogen-bond donors (Lipinski definition) is 2.